The lowest BCUT2D eigenvalue weighted by Gasteiger charge is -2.02. The third kappa shape index (κ3) is 3.09. The monoisotopic (exact) mass is 228 g/mol. The molecule has 0 aliphatic heterocycles. The van der Waals surface area contributed by atoms with Gasteiger partial charge >= 0.3 is 5.97 Å². The maximum Gasteiger partial charge on any atom is 0.316 e. The molecular formula is C9H12N2O3S. The Morgan fingerprint density at radius 2 is 2.20 bits per heavy atom. The number of esters is 1. The Morgan fingerprint density at radius 1 is 1.53 bits per heavy atom. The van der Waals surface area contributed by atoms with E-state index < -0.39 is 0 Å². The van der Waals surface area contributed by atoms with E-state index >= 15 is 0 Å². The van der Waals surface area contributed by atoms with Crippen LogP contribution < -0.4 is 5.56 Å². The zero-order valence-electron chi connectivity index (χ0n) is 8.79. The van der Waals surface area contributed by atoms with Crippen LogP contribution in [0.15, 0.2) is 9.95 Å². The van der Waals surface area contributed by atoms with Gasteiger partial charge in [-0.25, -0.2) is 4.98 Å². The Balaban J connectivity index is 2.79. The summed E-state index contributed by atoms with van der Waals surface area (Å²) in [6.45, 7) is 3.46. The Kier molecular flexibility index (Phi) is 3.90. The number of methoxy groups -OCH3 is 1. The van der Waals surface area contributed by atoms with E-state index in [2.05, 4.69) is 14.7 Å². The molecule has 0 aliphatic carbocycles. The fraction of sp³-hybridized carbons (Fsp3) is 0.444. The van der Waals surface area contributed by atoms with Gasteiger partial charge in [0.1, 0.15) is 0 Å². The summed E-state index contributed by atoms with van der Waals surface area (Å²) in [4.78, 5) is 28.9. The Bertz CT molecular complexity index is 428. The smallest absolute Gasteiger partial charge is 0.316 e. The van der Waals surface area contributed by atoms with Crippen molar-refractivity contribution in [3.63, 3.8) is 0 Å². The molecule has 0 fully saturated rings. The van der Waals surface area contributed by atoms with Crippen LogP contribution in [0.2, 0.25) is 0 Å². The number of aromatic amines is 1. The molecule has 0 radical (unpaired) electrons. The van der Waals surface area contributed by atoms with Crippen LogP contribution in [0.5, 0.6) is 0 Å². The molecule has 0 saturated carbocycles. The molecule has 0 bridgehead atoms. The topological polar surface area (TPSA) is 72.0 Å². The number of aromatic nitrogens is 2. The van der Waals surface area contributed by atoms with E-state index in [1.807, 2.05) is 0 Å². The predicted molar refractivity (Wildman–Crippen MR) is 57.1 cm³/mol. The lowest BCUT2D eigenvalue weighted by atomic mass is 10.3. The summed E-state index contributed by atoms with van der Waals surface area (Å²) in [7, 11) is 1.32. The van der Waals surface area contributed by atoms with Gasteiger partial charge in [-0.1, -0.05) is 11.8 Å². The number of ether oxygens (including phenoxy) is 1. The molecule has 15 heavy (non-hydrogen) atoms. The van der Waals surface area contributed by atoms with Gasteiger partial charge < -0.3 is 9.72 Å². The van der Waals surface area contributed by atoms with Crippen molar-refractivity contribution in [1.82, 2.24) is 9.97 Å². The molecule has 0 saturated heterocycles. The standard InChI is InChI=1S/C9H12N2O3S/c1-5-6(2)10-9(11-8(5)13)15-4-7(12)14-3/h4H2,1-3H3,(H,10,11,13). The summed E-state index contributed by atoms with van der Waals surface area (Å²) in [5.74, 6) is -0.206. The van der Waals surface area contributed by atoms with E-state index in [0.29, 0.717) is 16.4 Å². The highest BCUT2D eigenvalue weighted by atomic mass is 32.2. The molecule has 82 valence electrons. The second-order valence-electron chi connectivity index (χ2n) is 2.95. The van der Waals surface area contributed by atoms with Gasteiger partial charge in [-0.05, 0) is 13.8 Å². The lowest BCUT2D eigenvalue weighted by molar-refractivity contribution is -0.137. The third-order valence-corrected chi connectivity index (χ3v) is 2.77. The largest absolute Gasteiger partial charge is 0.468 e. The minimum atomic E-state index is -0.346. The predicted octanol–water partition coefficient (Wildman–Crippen LogP) is 0.652. The number of nitrogens with zero attached hydrogens (tertiary/aromatic N) is 1. The highest BCUT2D eigenvalue weighted by Gasteiger charge is 2.06. The number of rotatable bonds is 3. The lowest BCUT2D eigenvalue weighted by Crippen LogP contribution is -2.14. The van der Waals surface area contributed by atoms with Gasteiger partial charge in [-0.2, -0.15) is 0 Å². The Hall–Kier alpha value is -1.30. The fourth-order valence-corrected chi connectivity index (χ4v) is 1.61. The number of carbonyl (C=O) groups is 1. The van der Waals surface area contributed by atoms with Crippen LogP contribution in [0.1, 0.15) is 11.3 Å². The summed E-state index contributed by atoms with van der Waals surface area (Å²) in [6.07, 6.45) is 0. The summed E-state index contributed by atoms with van der Waals surface area (Å²) in [5.41, 5.74) is 1.10. The van der Waals surface area contributed by atoms with Crippen LogP contribution in [-0.4, -0.2) is 28.8 Å². The fourth-order valence-electron chi connectivity index (χ4n) is 0.874. The van der Waals surface area contributed by atoms with Gasteiger partial charge in [0, 0.05) is 11.3 Å². The molecule has 0 unspecified atom stereocenters. The van der Waals surface area contributed by atoms with Gasteiger partial charge in [0.2, 0.25) is 0 Å². The average molecular weight is 228 g/mol. The molecule has 0 aromatic carbocycles. The molecule has 0 aliphatic rings. The van der Waals surface area contributed by atoms with Crippen LogP contribution in [0.25, 0.3) is 0 Å². The summed E-state index contributed by atoms with van der Waals surface area (Å²) in [6, 6.07) is 0. The molecular weight excluding hydrogens is 216 g/mol. The molecule has 1 aromatic heterocycles. The number of hydrogen-bond acceptors (Lipinski definition) is 5. The number of H-pyrrole nitrogens is 1. The van der Waals surface area contributed by atoms with E-state index in [1.165, 1.54) is 7.11 Å². The SMILES string of the molecule is COC(=O)CSc1nc(C)c(C)c(=O)[nH]1. The van der Waals surface area contributed by atoms with E-state index in [1.54, 1.807) is 13.8 Å². The first kappa shape index (κ1) is 11.8. The summed E-state index contributed by atoms with van der Waals surface area (Å²) in [5, 5.41) is 0.438. The van der Waals surface area contributed by atoms with Gasteiger partial charge in [0.25, 0.3) is 5.56 Å². The van der Waals surface area contributed by atoms with E-state index in [0.717, 1.165) is 11.8 Å². The molecule has 6 heteroatoms. The quantitative estimate of drug-likeness (QED) is 0.467. The van der Waals surface area contributed by atoms with Crippen LogP contribution in [-0.2, 0) is 9.53 Å². The van der Waals surface area contributed by atoms with Crippen molar-refractivity contribution in [2.75, 3.05) is 12.9 Å². The first-order chi connectivity index (χ1) is 7.04. The highest BCUT2D eigenvalue weighted by molar-refractivity contribution is 7.99. The van der Waals surface area contributed by atoms with Crippen molar-refractivity contribution in [3.05, 3.63) is 21.6 Å². The molecule has 1 N–H and O–H groups in total. The van der Waals surface area contributed by atoms with Gasteiger partial charge in [-0.3, -0.25) is 9.59 Å². The Morgan fingerprint density at radius 3 is 2.73 bits per heavy atom. The second kappa shape index (κ2) is 4.97. The zero-order valence-corrected chi connectivity index (χ0v) is 9.60. The molecule has 1 aromatic rings. The van der Waals surface area contributed by atoms with E-state index in [4.69, 9.17) is 0 Å². The van der Waals surface area contributed by atoms with E-state index in [9.17, 15) is 9.59 Å². The minimum absolute atomic E-state index is 0.141. The highest BCUT2D eigenvalue weighted by Crippen LogP contribution is 2.11. The maximum absolute atomic E-state index is 11.3. The van der Waals surface area contributed by atoms with Crippen molar-refractivity contribution in [2.24, 2.45) is 0 Å². The molecule has 0 spiro atoms. The summed E-state index contributed by atoms with van der Waals surface area (Å²) < 4.78 is 4.48. The molecule has 0 atom stereocenters. The summed E-state index contributed by atoms with van der Waals surface area (Å²) >= 11 is 1.15. The number of hydrogen-bond donors (Lipinski definition) is 1. The average Bonchev–Trinajstić information content (AvgIpc) is 2.22. The normalized spacial score (nSPS) is 10.1. The van der Waals surface area contributed by atoms with Crippen LogP contribution in [0.4, 0.5) is 0 Å². The van der Waals surface area contributed by atoms with Crippen molar-refractivity contribution in [2.45, 2.75) is 19.0 Å². The van der Waals surface area contributed by atoms with Crippen LogP contribution >= 0.6 is 11.8 Å². The molecule has 1 rings (SSSR count). The van der Waals surface area contributed by atoms with Crippen molar-refractivity contribution in [3.8, 4) is 0 Å². The number of nitrogens with one attached hydrogen (secondary N) is 1. The number of aryl methyl sites for hydroxylation is 1. The first-order valence-corrected chi connectivity index (χ1v) is 5.30. The first-order valence-electron chi connectivity index (χ1n) is 4.31. The van der Waals surface area contributed by atoms with Crippen molar-refractivity contribution < 1.29 is 9.53 Å². The molecule has 5 nitrogen and oxygen atoms in total. The minimum Gasteiger partial charge on any atom is -0.468 e. The molecule has 0 amide bonds. The van der Waals surface area contributed by atoms with Crippen molar-refractivity contribution in [1.29, 1.82) is 0 Å². The van der Waals surface area contributed by atoms with Crippen LogP contribution in [0.3, 0.4) is 0 Å². The zero-order chi connectivity index (χ0) is 11.4. The number of carbonyl (C=O) groups excluding carboxylic acids is 1. The molecule has 1 heterocycles. The van der Waals surface area contributed by atoms with E-state index in [-0.39, 0.29) is 17.3 Å². The van der Waals surface area contributed by atoms with Gasteiger partial charge in [-0.15, -0.1) is 0 Å². The Labute approximate surface area is 91.3 Å². The third-order valence-electron chi connectivity index (χ3n) is 1.93. The number of thioether (sulfide) groups is 1. The van der Waals surface area contributed by atoms with Gasteiger partial charge in [0.15, 0.2) is 5.16 Å². The maximum atomic E-state index is 11.3. The van der Waals surface area contributed by atoms with Crippen molar-refractivity contribution >= 4 is 17.7 Å². The van der Waals surface area contributed by atoms with Gasteiger partial charge in [0.05, 0.1) is 12.9 Å². The second-order valence-corrected chi connectivity index (χ2v) is 3.91. The van der Waals surface area contributed by atoms with Crippen LogP contribution in [0, 0.1) is 13.8 Å².